The van der Waals surface area contributed by atoms with E-state index in [0.717, 1.165) is 5.69 Å². The molecule has 0 bridgehead atoms. The number of amides is 1. The Morgan fingerprint density at radius 3 is 2.72 bits per heavy atom. The largest absolute Gasteiger partial charge is 0.365 e. The number of carbonyl (C=O) groups excluding carboxylic acids is 1. The minimum atomic E-state index is -0.421. The lowest BCUT2D eigenvalue weighted by atomic mass is 10.2. The maximum atomic E-state index is 11.4. The molecule has 0 aliphatic rings. The van der Waals surface area contributed by atoms with Crippen molar-refractivity contribution in [3.8, 4) is 0 Å². The van der Waals surface area contributed by atoms with Crippen LogP contribution in [0.4, 0.5) is 11.4 Å². The third-order valence-electron chi connectivity index (χ3n) is 2.32. The highest BCUT2D eigenvalue weighted by Crippen LogP contribution is 2.25. The zero-order valence-electron chi connectivity index (χ0n) is 10.1. The Morgan fingerprint density at radius 1 is 1.56 bits per heavy atom. The van der Waals surface area contributed by atoms with Crippen LogP contribution in [0.25, 0.3) is 0 Å². The van der Waals surface area contributed by atoms with Crippen LogP contribution >= 0.6 is 22.6 Å². The van der Waals surface area contributed by atoms with Gasteiger partial charge in [-0.3, -0.25) is 14.9 Å². The van der Waals surface area contributed by atoms with Crippen LogP contribution < -0.4 is 10.2 Å². The molecule has 1 aromatic rings. The smallest absolute Gasteiger partial charge is 0.282 e. The molecule has 1 N–H and O–H groups in total. The third-order valence-corrected chi connectivity index (χ3v) is 3.19. The molecule has 0 atom stereocenters. The van der Waals surface area contributed by atoms with Gasteiger partial charge in [0.2, 0.25) is 5.91 Å². The lowest BCUT2D eigenvalue weighted by Gasteiger charge is -2.18. The predicted octanol–water partition coefficient (Wildman–Crippen LogP) is 1.77. The van der Waals surface area contributed by atoms with E-state index in [1.807, 2.05) is 29.5 Å². The molecule has 0 radical (unpaired) electrons. The molecule has 6 nitrogen and oxygen atoms in total. The first-order valence-corrected chi connectivity index (χ1v) is 6.45. The zero-order chi connectivity index (χ0) is 13.7. The lowest BCUT2D eigenvalue weighted by Crippen LogP contribution is -2.34. The molecule has 1 aromatic carbocycles. The Morgan fingerprint density at radius 2 is 2.22 bits per heavy atom. The Bertz CT molecular complexity index is 465. The molecule has 0 saturated carbocycles. The van der Waals surface area contributed by atoms with Gasteiger partial charge in [0.1, 0.15) is 0 Å². The molecule has 1 amide bonds. The fourth-order valence-electron chi connectivity index (χ4n) is 1.44. The number of nitrogens with zero attached hydrogens (tertiary/aromatic N) is 2. The number of nitro groups is 1. The van der Waals surface area contributed by atoms with Gasteiger partial charge in [0.15, 0.2) is 0 Å². The normalized spacial score (nSPS) is 9.94. The van der Waals surface area contributed by atoms with Crippen molar-refractivity contribution in [1.82, 2.24) is 5.32 Å². The number of nitrogens with one attached hydrogen (secondary N) is 1. The van der Waals surface area contributed by atoms with Crippen molar-refractivity contribution >= 4 is 39.9 Å². The van der Waals surface area contributed by atoms with Gasteiger partial charge >= 0.3 is 0 Å². The highest BCUT2D eigenvalue weighted by molar-refractivity contribution is 14.1. The average molecular weight is 363 g/mol. The number of hydrogen-bond donors (Lipinski definition) is 1. The SMILES string of the molecule is CCNC(=O)CN(C)c1ccc([N+](=O)[O-])c(I)c1. The number of likely N-dealkylation sites (N-methyl/N-ethyl adjacent to an activating group) is 2. The summed E-state index contributed by atoms with van der Waals surface area (Å²) in [6.07, 6.45) is 0. The molecular weight excluding hydrogens is 349 g/mol. The van der Waals surface area contributed by atoms with Gasteiger partial charge in [0.25, 0.3) is 5.69 Å². The van der Waals surface area contributed by atoms with Crippen LogP contribution in [-0.2, 0) is 4.79 Å². The van der Waals surface area contributed by atoms with Crippen LogP contribution in [0.5, 0.6) is 0 Å². The van der Waals surface area contributed by atoms with Crippen LogP contribution in [0.2, 0.25) is 0 Å². The van der Waals surface area contributed by atoms with Gasteiger partial charge in [-0.25, -0.2) is 0 Å². The van der Waals surface area contributed by atoms with Gasteiger partial charge in [0.05, 0.1) is 15.0 Å². The second-order valence-electron chi connectivity index (χ2n) is 3.70. The fourth-order valence-corrected chi connectivity index (χ4v) is 2.14. The molecule has 98 valence electrons. The van der Waals surface area contributed by atoms with E-state index in [4.69, 9.17) is 0 Å². The number of anilines is 1. The Hall–Kier alpha value is -1.38. The summed E-state index contributed by atoms with van der Waals surface area (Å²) in [6, 6.07) is 4.78. The molecule has 0 aromatic heterocycles. The summed E-state index contributed by atoms with van der Waals surface area (Å²) >= 11 is 1.92. The molecule has 0 unspecified atom stereocenters. The van der Waals surface area contributed by atoms with Gasteiger partial charge in [-0.15, -0.1) is 0 Å². The third kappa shape index (κ3) is 3.83. The summed E-state index contributed by atoms with van der Waals surface area (Å²) in [5.74, 6) is -0.0756. The Kier molecular flexibility index (Phi) is 5.32. The van der Waals surface area contributed by atoms with Crippen molar-refractivity contribution in [2.24, 2.45) is 0 Å². The predicted molar refractivity (Wildman–Crippen MR) is 77.8 cm³/mol. The van der Waals surface area contributed by atoms with E-state index in [9.17, 15) is 14.9 Å². The van der Waals surface area contributed by atoms with Crippen molar-refractivity contribution in [1.29, 1.82) is 0 Å². The minimum absolute atomic E-state index is 0.0748. The average Bonchev–Trinajstić information content (AvgIpc) is 2.28. The number of rotatable bonds is 5. The summed E-state index contributed by atoms with van der Waals surface area (Å²) in [5.41, 5.74) is 0.849. The van der Waals surface area contributed by atoms with Crippen LogP contribution in [-0.4, -0.2) is 31.0 Å². The molecule has 0 aliphatic heterocycles. The van der Waals surface area contributed by atoms with E-state index in [0.29, 0.717) is 10.1 Å². The Labute approximate surface area is 119 Å². The van der Waals surface area contributed by atoms with E-state index in [2.05, 4.69) is 5.32 Å². The van der Waals surface area contributed by atoms with E-state index < -0.39 is 4.92 Å². The first-order valence-electron chi connectivity index (χ1n) is 5.37. The molecule has 18 heavy (non-hydrogen) atoms. The topological polar surface area (TPSA) is 75.5 Å². The lowest BCUT2D eigenvalue weighted by molar-refractivity contribution is -0.385. The maximum absolute atomic E-state index is 11.4. The quantitative estimate of drug-likeness (QED) is 0.492. The molecule has 0 spiro atoms. The number of hydrogen-bond acceptors (Lipinski definition) is 4. The maximum Gasteiger partial charge on any atom is 0.282 e. The number of benzene rings is 1. The number of carbonyl (C=O) groups is 1. The van der Waals surface area contributed by atoms with Crippen molar-refractivity contribution in [2.45, 2.75) is 6.92 Å². The molecule has 0 saturated heterocycles. The molecule has 0 aliphatic carbocycles. The number of halogens is 1. The molecule has 0 fully saturated rings. The van der Waals surface area contributed by atoms with Gasteiger partial charge in [-0.1, -0.05) is 0 Å². The molecule has 0 heterocycles. The highest BCUT2D eigenvalue weighted by Gasteiger charge is 2.14. The van der Waals surface area contributed by atoms with Crippen molar-refractivity contribution in [2.75, 3.05) is 25.0 Å². The monoisotopic (exact) mass is 363 g/mol. The van der Waals surface area contributed by atoms with Crippen molar-refractivity contribution < 1.29 is 9.72 Å². The highest BCUT2D eigenvalue weighted by atomic mass is 127. The van der Waals surface area contributed by atoms with Gasteiger partial charge in [-0.2, -0.15) is 0 Å². The number of nitro benzene ring substituents is 1. The molecule has 7 heteroatoms. The second kappa shape index (κ2) is 6.53. The summed E-state index contributed by atoms with van der Waals surface area (Å²) in [4.78, 5) is 23.4. The minimum Gasteiger partial charge on any atom is -0.365 e. The standard InChI is InChI=1S/C11H14IN3O3/c1-3-13-11(16)7-14(2)8-4-5-10(15(17)18)9(12)6-8/h4-6H,3,7H2,1-2H3,(H,13,16). The van der Waals surface area contributed by atoms with Gasteiger partial charge < -0.3 is 10.2 Å². The van der Waals surface area contributed by atoms with Crippen LogP contribution in [0.15, 0.2) is 18.2 Å². The van der Waals surface area contributed by atoms with E-state index in [1.165, 1.54) is 6.07 Å². The summed E-state index contributed by atoms with van der Waals surface area (Å²) in [7, 11) is 1.77. The second-order valence-corrected chi connectivity index (χ2v) is 4.86. The van der Waals surface area contributed by atoms with Crippen LogP contribution in [0.1, 0.15) is 6.92 Å². The summed E-state index contributed by atoms with van der Waals surface area (Å²) < 4.78 is 0.554. The fraction of sp³-hybridized carbons (Fsp3) is 0.364. The van der Waals surface area contributed by atoms with E-state index in [-0.39, 0.29) is 18.1 Å². The van der Waals surface area contributed by atoms with E-state index in [1.54, 1.807) is 24.1 Å². The van der Waals surface area contributed by atoms with Crippen molar-refractivity contribution in [3.63, 3.8) is 0 Å². The van der Waals surface area contributed by atoms with Crippen molar-refractivity contribution in [3.05, 3.63) is 31.9 Å². The Balaban J connectivity index is 2.81. The summed E-state index contributed by atoms with van der Waals surface area (Å²) in [6.45, 7) is 2.67. The van der Waals surface area contributed by atoms with Gasteiger partial charge in [0, 0.05) is 25.3 Å². The van der Waals surface area contributed by atoms with E-state index >= 15 is 0 Å². The van der Waals surface area contributed by atoms with Crippen LogP contribution in [0.3, 0.4) is 0 Å². The van der Waals surface area contributed by atoms with Crippen LogP contribution in [0, 0.1) is 13.7 Å². The molecule has 1 rings (SSSR count). The zero-order valence-corrected chi connectivity index (χ0v) is 12.3. The summed E-state index contributed by atoms with van der Waals surface area (Å²) in [5, 5.41) is 13.4. The molecular formula is C11H14IN3O3. The van der Waals surface area contributed by atoms with Gasteiger partial charge in [-0.05, 0) is 41.6 Å². The first kappa shape index (κ1) is 14.7. The first-order chi connectivity index (χ1) is 8.45.